The first-order chi connectivity index (χ1) is 5.74. The molecule has 12 heavy (non-hydrogen) atoms. The molecule has 0 fully saturated rings. The van der Waals surface area contributed by atoms with E-state index in [-0.39, 0.29) is 12.7 Å². The van der Waals surface area contributed by atoms with Crippen LogP contribution in [0.1, 0.15) is 40.0 Å². The molecule has 0 saturated heterocycles. The van der Waals surface area contributed by atoms with Gasteiger partial charge in [0.05, 0.1) is 6.10 Å². The summed E-state index contributed by atoms with van der Waals surface area (Å²) in [7, 11) is 0. The van der Waals surface area contributed by atoms with Gasteiger partial charge in [0.15, 0.2) is 0 Å². The van der Waals surface area contributed by atoms with Gasteiger partial charge in [-0.05, 0) is 18.8 Å². The molecule has 0 saturated carbocycles. The fourth-order valence-corrected chi connectivity index (χ4v) is 0.968. The molecule has 2 nitrogen and oxygen atoms in total. The van der Waals surface area contributed by atoms with Crippen molar-refractivity contribution < 1.29 is 9.84 Å². The first-order valence-corrected chi connectivity index (χ1v) is 4.97. The lowest BCUT2D eigenvalue weighted by atomic mass is 10.1. The van der Waals surface area contributed by atoms with Crippen LogP contribution >= 0.6 is 0 Å². The van der Waals surface area contributed by atoms with Crippen molar-refractivity contribution in [3.8, 4) is 0 Å². The largest absolute Gasteiger partial charge is 0.396 e. The van der Waals surface area contributed by atoms with E-state index in [9.17, 15) is 0 Å². The molecule has 2 atom stereocenters. The third kappa shape index (κ3) is 5.56. The fourth-order valence-electron chi connectivity index (χ4n) is 0.968. The quantitative estimate of drug-likeness (QED) is 0.641. The summed E-state index contributed by atoms with van der Waals surface area (Å²) in [6, 6.07) is 0. The standard InChI is InChI=1S/C10H22O2/c1-4-9(3)8-12-10(5-2)6-7-11/h9-11H,4-8H2,1-3H3/t9?,10-/m0/s1. The molecule has 0 aliphatic heterocycles. The summed E-state index contributed by atoms with van der Waals surface area (Å²) in [6.45, 7) is 7.51. The van der Waals surface area contributed by atoms with Crippen LogP contribution in [-0.2, 0) is 4.74 Å². The molecule has 0 radical (unpaired) electrons. The molecule has 1 N–H and O–H groups in total. The molecule has 0 aromatic rings. The summed E-state index contributed by atoms with van der Waals surface area (Å²) < 4.78 is 5.62. The van der Waals surface area contributed by atoms with E-state index in [2.05, 4.69) is 20.8 Å². The van der Waals surface area contributed by atoms with Crippen LogP contribution in [0.5, 0.6) is 0 Å². The number of aliphatic hydroxyl groups is 1. The van der Waals surface area contributed by atoms with Crippen LogP contribution in [0.4, 0.5) is 0 Å². The van der Waals surface area contributed by atoms with E-state index in [4.69, 9.17) is 9.84 Å². The Hall–Kier alpha value is -0.0800. The lowest BCUT2D eigenvalue weighted by Crippen LogP contribution is -2.17. The second-order valence-corrected chi connectivity index (χ2v) is 3.39. The van der Waals surface area contributed by atoms with E-state index in [0.717, 1.165) is 25.9 Å². The van der Waals surface area contributed by atoms with Crippen molar-refractivity contribution in [2.45, 2.75) is 46.1 Å². The van der Waals surface area contributed by atoms with E-state index in [1.54, 1.807) is 0 Å². The second kappa shape index (κ2) is 7.56. The van der Waals surface area contributed by atoms with Crippen molar-refractivity contribution in [1.82, 2.24) is 0 Å². The summed E-state index contributed by atoms with van der Waals surface area (Å²) in [4.78, 5) is 0. The highest BCUT2D eigenvalue weighted by Gasteiger charge is 2.07. The Kier molecular flexibility index (Phi) is 7.51. The van der Waals surface area contributed by atoms with Crippen LogP contribution < -0.4 is 0 Å². The fraction of sp³-hybridized carbons (Fsp3) is 1.00. The van der Waals surface area contributed by atoms with Gasteiger partial charge >= 0.3 is 0 Å². The Labute approximate surface area is 75.9 Å². The van der Waals surface area contributed by atoms with Crippen LogP contribution in [0.3, 0.4) is 0 Å². The van der Waals surface area contributed by atoms with E-state index in [1.165, 1.54) is 0 Å². The third-order valence-corrected chi connectivity index (χ3v) is 2.22. The average Bonchev–Trinajstić information content (AvgIpc) is 2.11. The number of hydrogen-bond donors (Lipinski definition) is 1. The Morgan fingerprint density at radius 3 is 2.33 bits per heavy atom. The Morgan fingerprint density at radius 1 is 1.25 bits per heavy atom. The van der Waals surface area contributed by atoms with Crippen molar-refractivity contribution >= 4 is 0 Å². The summed E-state index contributed by atoms with van der Waals surface area (Å²) in [5.41, 5.74) is 0. The molecule has 0 rings (SSSR count). The second-order valence-electron chi connectivity index (χ2n) is 3.39. The zero-order chi connectivity index (χ0) is 9.40. The van der Waals surface area contributed by atoms with Gasteiger partial charge in [0.1, 0.15) is 0 Å². The lowest BCUT2D eigenvalue weighted by molar-refractivity contribution is 0.0152. The lowest BCUT2D eigenvalue weighted by Gasteiger charge is -2.17. The molecule has 0 spiro atoms. The number of ether oxygens (including phenoxy) is 1. The van der Waals surface area contributed by atoms with Gasteiger partial charge in [0.2, 0.25) is 0 Å². The molecule has 0 aliphatic carbocycles. The van der Waals surface area contributed by atoms with Crippen molar-refractivity contribution in [2.24, 2.45) is 5.92 Å². The van der Waals surface area contributed by atoms with Gasteiger partial charge in [-0.25, -0.2) is 0 Å². The molecule has 0 bridgehead atoms. The van der Waals surface area contributed by atoms with Gasteiger partial charge in [-0.1, -0.05) is 27.2 Å². The molecular formula is C10H22O2. The van der Waals surface area contributed by atoms with Crippen LogP contribution in [0.2, 0.25) is 0 Å². The summed E-state index contributed by atoms with van der Waals surface area (Å²) >= 11 is 0. The summed E-state index contributed by atoms with van der Waals surface area (Å²) in [6.07, 6.45) is 3.18. The Bertz CT molecular complexity index is 93.8. The van der Waals surface area contributed by atoms with E-state index in [0.29, 0.717) is 5.92 Å². The van der Waals surface area contributed by atoms with Gasteiger partial charge in [0, 0.05) is 13.2 Å². The SMILES string of the molecule is CCC(C)CO[C@@H](CC)CCO. The van der Waals surface area contributed by atoms with Gasteiger partial charge in [0.25, 0.3) is 0 Å². The number of rotatable bonds is 7. The smallest absolute Gasteiger partial charge is 0.0594 e. The predicted molar refractivity (Wildman–Crippen MR) is 51.2 cm³/mol. The topological polar surface area (TPSA) is 29.5 Å². The zero-order valence-corrected chi connectivity index (χ0v) is 8.55. The molecule has 74 valence electrons. The minimum atomic E-state index is 0.235. The number of aliphatic hydroxyl groups excluding tert-OH is 1. The van der Waals surface area contributed by atoms with Gasteiger partial charge in [-0.15, -0.1) is 0 Å². The maximum Gasteiger partial charge on any atom is 0.0594 e. The molecule has 0 aliphatic rings. The highest BCUT2D eigenvalue weighted by molar-refractivity contribution is 4.56. The maximum absolute atomic E-state index is 8.71. The van der Waals surface area contributed by atoms with Crippen molar-refractivity contribution in [3.63, 3.8) is 0 Å². The molecule has 0 aromatic carbocycles. The molecule has 0 amide bonds. The van der Waals surface area contributed by atoms with Crippen LogP contribution in [0.15, 0.2) is 0 Å². The van der Waals surface area contributed by atoms with Crippen LogP contribution in [0, 0.1) is 5.92 Å². The minimum absolute atomic E-state index is 0.235. The van der Waals surface area contributed by atoms with Crippen molar-refractivity contribution in [3.05, 3.63) is 0 Å². The molecule has 0 aromatic heterocycles. The number of hydrogen-bond acceptors (Lipinski definition) is 2. The van der Waals surface area contributed by atoms with Crippen molar-refractivity contribution in [1.29, 1.82) is 0 Å². The minimum Gasteiger partial charge on any atom is -0.396 e. The normalized spacial score (nSPS) is 16.0. The summed E-state index contributed by atoms with van der Waals surface area (Å²) in [5.74, 6) is 0.637. The highest BCUT2D eigenvalue weighted by atomic mass is 16.5. The molecule has 2 heteroatoms. The van der Waals surface area contributed by atoms with Crippen LogP contribution in [0.25, 0.3) is 0 Å². The van der Waals surface area contributed by atoms with Crippen molar-refractivity contribution in [2.75, 3.05) is 13.2 Å². The van der Waals surface area contributed by atoms with Gasteiger partial charge in [-0.3, -0.25) is 0 Å². The van der Waals surface area contributed by atoms with Gasteiger partial charge < -0.3 is 9.84 Å². The summed E-state index contributed by atoms with van der Waals surface area (Å²) in [5, 5.41) is 8.71. The van der Waals surface area contributed by atoms with Crippen LogP contribution in [-0.4, -0.2) is 24.4 Å². The monoisotopic (exact) mass is 174 g/mol. The predicted octanol–water partition coefficient (Wildman–Crippen LogP) is 2.21. The van der Waals surface area contributed by atoms with E-state index < -0.39 is 0 Å². The highest BCUT2D eigenvalue weighted by Crippen LogP contribution is 2.07. The Morgan fingerprint density at radius 2 is 1.92 bits per heavy atom. The molecular weight excluding hydrogens is 152 g/mol. The zero-order valence-electron chi connectivity index (χ0n) is 8.55. The van der Waals surface area contributed by atoms with Gasteiger partial charge in [-0.2, -0.15) is 0 Å². The Balaban J connectivity index is 3.43. The van der Waals surface area contributed by atoms with E-state index in [1.807, 2.05) is 0 Å². The first kappa shape index (κ1) is 11.9. The third-order valence-electron chi connectivity index (χ3n) is 2.22. The average molecular weight is 174 g/mol. The first-order valence-electron chi connectivity index (χ1n) is 4.97. The molecule has 0 heterocycles. The molecule has 1 unspecified atom stereocenters. The maximum atomic E-state index is 8.71. The van der Waals surface area contributed by atoms with E-state index >= 15 is 0 Å².